The highest BCUT2D eigenvalue weighted by Crippen LogP contribution is 2.10. The number of ether oxygens (including phenoxy) is 2. The summed E-state index contributed by atoms with van der Waals surface area (Å²) in [6.45, 7) is 2.29. The number of esters is 1. The molecular weight excluding hydrogens is 446 g/mol. The van der Waals surface area contributed by atoms with Gasteiger partial charge in [0.25, 0.3) is 0 Å². The summed E-state index contributed by atoms with van der Waals surface area (Å²) in [5.41, 5.74) is 0. The van der Waals surface area contributed by atoms with Gasteiger partial charge in [-0.3, -0.25) is 4.79 Å². The molecule has 0 saturated carbocycles. The Morgan fingerprint density at radius 3 is 2.09 bits per heavy atom. The minimum absolute atomic E-state index is 0.00607. The standard InChI is InChI=1S/C28H51NO6/c1-5-6-7-8-9-10-11-12-13-14-15-16-17-18-19-20-27(31)35-24-25(30)23-34-22-21-26(28(32)33)29(2,3)4/h9-10,12-13,25-26,30H,5-8,11,14-24H2,1-4H3/b10-9+,13-12+/t25?,26-/m0/s1. The molecule has 7 heteroatoms. The van der Waals surface area contributed by atoms with Gasteiger partial charge in [-0.2, -0.15) is 0 Å². The molecule has 0 aliphatic heterocycles. The van der Waals surface area contributed by atoms with Crippen molar-refractivity contribution in [3.05, 3.63) is 24.3 Å². The zero-order valence-corrected chi connectivity index (χ0v) is 22.7. The van der Waals surface area contributed by atoms with E-state index in [1.54, 1.807) is 21.1 Å². The topological polar surface area (TPSA) is 95.9 Å². The molecular formula is C28H51NO6. The summed E-state index contributed by atoms with van der Waals surface area (Å²) in [6, 6.07) is -0.686. The van der Waals surface area contributed by atoms with Crippen LogP contribution in [0, 0.1) is 0 Å². The highest BCUT2D eigenvalue weighted by atomic mass is 16.5. The number of quaternary nitrogens is 1. The minimum Gasteiger partial charge on any atom is -0.544 e. The summed E-state index contributed by atoms with van der Waals surface area (Å²) in [5, 5.41) is 21.1. The van der Waals surface area contributed by atoms with Crippen LogP contribution in [0.2, 0.25) is 0 Å². The number of unbranched alkanes of at least 4 members (excludes halogenated alkanes) is 8. The Hall–Kier alpha value is -1.70. The lowest BCUT2D eigenvalue weighted by Gasteiger charge is -2.34. The molecule has 35 heavy (non-hydrogen) atoms. The highest BCUT2D eigenvalue weighted by Gasteiger charge is 2.24. The molecule has 0 bridgehead atoms. The molecule has 7 nitrogen and oxygen atoms in total. The SMILES string of the molecule is CCCCC/C=C/C/C=C/CCCCCCCC(=O)OCC(O)COCC[C@@H](C(=O)[O-])[N+](C)(C)C. The number of rotatable bonds is 23. The van der Waals surface area contributed by atoms with Gasteiger partial charge in [0.2, 0.25) is 0 Å². The van der Waals surface area contributed by atoms with Crippen LogP contribution in [0.4, 0.5) is 0 Å². The third kappa shape index (κ3) is 21.3. The van der Waals surface area contributed by atoms with Crippen LogP contribution in [-0.4, -0.2) is 74.6 Å². The summed E-state index contributed by atoms with van der Waals surface area (Å²) in [4.78, 5) is 23.0. The fraction of sp³-hybridized carbons (Fsp3) is 0.786. The Morgan fingerprint density at radius 2 is 1.49 bits per heavy atom. The zero-order chi connectivity index (χ0) is 26.4. The van der Waals surface area contributed by atoms with Gasteiger partial charge in [-0.1, -0.05) is 63.3 Å². The molecule has 0 saturated heterocycles. The smallest absolute Gasteiger partial charge is 0.305 e. The normalized spacial score (nSPS) is 14.0. The summed E-state index contributed by atoms with van der Waals surface area (Å²) in [5.74, 6) is -1.43. The fourth-order valence-corrected chi connectivity index (χ4v) is 3.63. The predicted molar refractivity (Wildman–Crippen MR) is 139 cm³/mol. The monoisotopic (exact) mass is 497 g/mol. The molecule has 0 radical (unpaired) electrons. The molecule has 0 rings (SSSR count). The summed E-state index contributed by atoms with van der Waals surface area (Å²) >= 11 is 0. The van der Waals surface area contributed by atoms with Gasteiger partial charge < -0.3 is 29.0 Å². The molecule has 0 aliphatic carbocycles. The van der Waals surface area contributed by atoms with E-state index in [1.165, 1.54) is 32.1 Å². The van der Waals surface area contributed by atoms with Gasteiger partial charge in [0.15, 0.2) is 0 Å². The average Bonchev–Trinajstić information content (AvgIpc) is 2.79. The van der Waals surface area contributed by atoms with E-state index in [9.17, 15) is 19.8 Å². The number of aliphatic hydroxyl groups is 1. The third-order valence-corrected chi connectivity index (χ3v) is 5.82. The van der Waals surface area contributed by atoms with Crippen molar-refractivity contribution >= 4 is 11.9 Å². The number of aliphatic hydroxyl groups excluding tert-OH is 1. The van der Waals surface area contributed by atoms with E-state index in [0.29, 0.717) is 6.42 Å². The second-order valence-corrected chi connectivity index (χ2v) is 10.1. The van der Waals surface area contributed by atoms with Gasteiger partial charge in [0.1, 0.15) is 18.8 Å². The Balaban J connectivity index is 3.61. The molecule has 0 fully saturated rings. The number of hydrogen-bond donors (Lipinski definition) is 1. The van der Waals surface area contributed by atoms with E-state index >= 15 is 0 Å². The van der Waals surface area contributed by atoms with Crippen molar-refractivity contribution in [3.8, 4) is 0 Å². The maximum absolute atomic E-state index is 11.8. The van der Waals surface area contributed by atoms with Gasteiger partial charge in [0, 0.05) is 12.8 Å². The maximum atomic E-state index is 11.8. The maximum Gasteiger partial charge on any atom is 0.305 e. The molecule has 0 aromatic carbocycles. The first-order valence-corrected chi connectivity index (χ1v) is 13.4. The Kier molecular flexibility index (Phi) is 20.5. The lowest BCUT2D eigenvalue weighted by molar-refractivity contribution is -0.889. The molecule has 0 aromatic rings. The number of allylic oxidation sites excluding steroid dienone is 4. The van der Waals surface area contributed by atoms with E-state index in [0.717, 1.165) is 38.5 Å². The van der Waals surface area contributed by atoms with Crippen LogP contribution in [-0.2, 0) is 19.1 Å². The van der Waals surface area contributed by atoms with Crippen LogP contribution in [0.15, 0.2) is 24.3 Å². The first kappa shape index (κ1) is 33.3. The summed E-state index contributed by atoms with van der Waals surface area (Å²) < 4.78 is 10.7. The Morgan fingerprint density at radius 1 is 0.886 bits per heavy atom. The second kappa shape index (κ2) is 21.6. The van der Waals surface area contributed by atoms with Crippen molar-refractivity contribution in [1.82, 2.24) is 0 Å². The lowest BCUT2D eigenvalue weighted by atomic mass is 10.1. The molecule has 0 spiro atoms. The molecule has 0 amide bonds. The van der Waals surface area contributed by atoms with E-state index in [-0.39, 0.29) is 36.7 Å². The predicted octanol–water partition coefficient (Wildman–Crippen LogP) is 3.94. The molecule has 0 aromatic heterocycles. The van der Waals surface area contributed by atoms with E-state index < -0.39 is 18.1 Å². The van der Waals surface area contributed by atoms with Gasteiger partial charge in [-0.25, -0.2) is 0 Å². The third-order valence-electron chi connectivity index (χ3n) is 5.82. The van der Waals surface area contributed by atoms with Crippen LogP contribution in [0.25, 0.3) is 0 Å². The number of carboxylic acids is 1. The average molecular weight is 498 g/mol. The zero-order valence-electron chi connectivity index (χ0n) is 22.7. The second-order valence-electron chi connectivity index (χ2n) is 10.1. The first-order chi connectivity index (χ1) is 16.7. The number of aliphatic carboxylic acids is 1. The van der Waals surface area contributed by atoms with Crippen LogP contribution >= 0.6 is 0 Å². The van der Waals surface area contributed by atoms with Crippen LogP contribution < -0.4 is 5.11 Å². The quantitative estimate of drug-likeness (QED) is 0.0994. The van der Waals surface area contributed by atoms with Gasteiger partial charge in [-0.05, 0) is 38.5 Å². The van der Waals surface area contributed by atoms with E-state index in [1.807, 2.05) is 0 Å². The van der Waals surface area contributed by atoms with Crippen molar-refractivity contribution in [3.63, 3.8) is 0 Å². The number of likely N-dealkylation sites (N-methyl/N-ethyl adjacent to an activating group) is 1. The number of nitrogens with zero attached hydrogens (tertiary/aromatic N) is 1. The molecule has 0 aliphatic rings. The summed E-state index contributed by atoms with van der Waals surface area (Å²) in [7, 11) is 5.34. The number of carboxylic acid groups (broad SMARTS) is 1. The molecule has 0 heterocycles. The molecule has 1 unspecified atom stereocenters. The minimum atomic E-state index is -1.12. The fourth-order valence-electron chi connectivity index (χ4n) is 3.63. The van der Waals surface area contributed by atoms with Crippen molar-refractivity contribution in [1.29, 1.82) is 0 Å². The van der Waals surface area contributed by atoms with Crippen molar-refractivity contribution in [2.75, 3.05) is 41.0 Å². The van der Waals surface area contributed by atoms with Crippen LogP contribution in [0.3, 0.4) is 0 Å². The van der Waals surface area contributed by atoms with Crippen molar-refractivity contribution < 1.29 is 33.8 Å². The first-order valence-electron chi connectivity index (χ1n) is 13.4. The van der Waals surface area contributed by atoms with Crippen molar-refractivity contribution in [2.24, 2.45) is 0 Å². The highest BCUT2D eigenvalue weighted by molar-refractivity contribution is 5.69. The summed E-state index contributed by atoms with van der Waals surface area (Å²) in [6.07, 6.45) is 21.2. The number of carbonyl (C=O) groups excluding carboxylic acids is 2. The van der Waals surface area contributed by atoms with Gasteiger partial charge in [-0.15, -0.1) is 0 Å². The number of hydrogen-bond acceptors (Lipinski definition) is 6. The largest absolute Gasteiger partial charge is 0.544 e. The van der Waals surface area contributed by atoms with Crippen LogP contribution in [0.5, 0.6) is 0 Å². The van der Waals surface area contributed by atoms with E-state index in [4.69, 9.17) is 9.47 Å². The van der Waals surface area contributed by atoms with Gasteiger partial charge in [0.05, 0.1) is 40.3 Å². The molecule has 1 N–H and O–H groups in total. The van der Waals surface area contributed by atoms with Crippen molar-refractivity contribution in [2.45, 2.75) is 103 Å². The van der Waals surface area contributed by atoms with Gasteiger partial charge >= 0.3 is 5.97 Å². The lowest BCUT2D eigenvalue weighted by Crippen LogP contribution is -2.55. The molecule has 204 valence electrons. The molecule has 2 atom stereocenters. The Labute approximate surface area is 213 Å². The van der Waals surface area contributed by atoms with E-state index in [2.05, 4.69) is 31.2 Å². The Bertz CT molecular complexity index is 597. The van der Waals surface area contributed by atoms with Crippen LogP contribution in [0.1, 0.15) is 90.4 Å². The number of carbonyl (C=O) groups is 2.